The Morgan fingerprint density at radius 3 is 2.51 bits per heavy atom. The Labute approximate surface area is 249 Å². The van der Waals surface area contributed by atoms with Crippen molar-refractivity contribution in [2.75, 3.05) is 6.61 Å². The van der Waals surface area contributed by atoms with Crippen LogP contribution in [-0.4, -0.2) is 17.1 Å². The van der Waals surface area contributed by atoms with E-state index in [4.69, 9.17) is 9.47 Å². The molecule has 0 spiro atoms. The van der Waals surface area contributed by atoms with Crippen molar-refractivity contribution in [3.63, 3.8) is 0 Å². The van der Waals surface area contributed by atoms with Crippen LogP contribution in [0.2, 0.25) is 0 Å². The maximum atomic E-state index is 14.3. The Balaban J connectivity index is 1.53. The summed E-state index contributed by atoms with van der Waals surface area (Å²) in [5.41, 5.74) is 1.86. The van der Waals surface area contributed by atoms with Crippen molar-refractivity contribution in [3.8, 4) is 5.75 Å². The summed E-state index contributed by atoms with van der Waals surface area (Å²) in [4.78, 5) is 32.2. The van der Waals surface area contributed by atoms with Crippen molar-refractivity contribution in [1.82, 2.24) is 4.57 Å². The van der Waals surface area contributed by atoms with Gasteiger partial charge < -0.3 is 9.47 Å². The standard InChI is InChI=1S/C34H26F2N2O4S/c1-3-41-33(40)30-20(2)37-34-38(31(30)22-12-15-24(35)16-13-22)32(39)29(43-34)18-26-25-10-6-4-8-21(25)14-17-28(26)42-19-23-9-5-7-11-27(23)36/h4-18,31H,3,19H2,1-2H3/b29-18-/t31-/m1/s1. The normalized spacial score (nSPS) is 14.9. The van der Waals surface area contributed by atoms with E-state index in [9.17, 15) is 18.4 Å². The number of rotatable bonds is 7. The van der Waals surface area contributed by atoms with Crippen molar-refractivity contribution in [2.45, 2.75) is 26.5 Å². The average Bonchev–Trinajstić information content (AvgIpc) is 3.31. The number of carbonyl (C=O) groups excluding carboxylic acids is 1. The molecule has 4 aromatic carbocycles. The van der Waals surface area contributed by atoms with Gasteiger partial charge in [0.1, 0.15) is 24.0 Å². The quantitative estimate of drug-likeness (QED) is 0.223. The maximum absolute atomic E-state index is 14.3. The summed E-state index contributed by atoms with van der Waals surface area (Å²) in [5, 5.41) is 1.78. The number of carbonyl (C=O) groups is 1. The minimum absolute atomic E-state index is 0.000233. The van der Waals surface area contributed by atoms with Gasteiger partial charge >= 0.3 is 5.97 Å². The van der Waals surface area contributed by atoms with Crippen LogP contribution < -0.4 is 19.6 Å². The van der Waals surface area contributed by atoms with E-state index in [1.165, 1.54) is 34.1 Å². The van der Waals surface area contributed by atoms with E-state index >= 15 is 0 Å². The number of esters is 1. The molecule has 2 heterocycles. The van der Waals surface area contributed by atoms with Gasteiger partial charge in [-0.05, 0) is 60.5 Å². The van der Waals surface area contributed by atoms with Crippen LogP contribution in [-0.2, 0) is 16.1 Å². The first-order valence-electron chi connectivity index (χ1n) is 13.7. The summed E-state index contributed by atoms with van der Waals surface area (Å²) in [6.45, 7) is 3.54. The molecule has 1 atom stereocenters. The van der Waals surface area contributed by atoms with Crippen LogP contribution >= 0.6 is 11.3 Å². The topological polar surface area (TPSA) is 69.9 Å². The molecule has 1 aliphatic rings. The van der Waals surface area contributed by atoms with Crippen molar-refractivity contribution in [1.29, 1.82) is 0 Å². The summed E-state index contributed by atoms with van der Waals surface area (Å²) in [5.74, 6) is -0.920. The lowest BCUT2D eigenvalue weighted by Gasteiger charge is -2.24. The third kappa shape index (κ3) is 5.39. The minimum atomic E-state index is -0.859. The van der Waals surface area contributed by atoms with Gasteiger partial charge in [-0.15, -0.1) is 0 Å². The largest absolute Gasteiger partial charge is 0.488 e. The number of hydrogen-bond acceptors (Lipinski definition) is 6. The third-order valence-electron chi connectivity index (χ3n) is 7.25. The second-order valence-corrected chi connectivity index (χ2v) is 10.9. The van der Waals surface area contributed by atoms with E-state index in [-0.39, 0.29) is 30.2 Å². The van der Waals surface area contributed by atoms with Crippen LogP contribution in [0.25, 0.3) is 16.8 Å². The van der Waals surface area contributed by atoms with Crippen LogP contribution in [0.4, 0.5) is 8.78 Å². The molecule has 43 heavy (non-hydrogen) atoms. The van der Waals surface area contributed by atoms with E-state index in [0.717, 1.165) is 10.8 Å². The molecule has 0 radical (unpaired) electrons. The lowest BCUT2D eigenvalue weighted by molar-refractivity contribution is -0.139. The van der Waals surface area contributed by atoms with Gasteiger partial charge in [0, 0.05) is 11.1 Å². The predicted molar refractivity (Wildman–Crippen MR) is 161 cm³/mol. The SMILES string of the molecule is CCOC(=O)C1=C(C)N=c2s/c(=C\c3c(OCc4ccccc4F)ccc4ccccc34)c(=O)n2[C@@H]1c1ccc(F)cc1. The number of thiazole rings is 1. The van der Waals surface area contributed by atoms with Gasteiger partial charge in [0.15, 0.2) is 4.80 Å². The van der Waals surface area contributed by atoms with Gasteiger partial charge in [-0.3, -0.25) is 9.36 Å². The molecule has 0 aliphatic carbocycles. The molecule has 5 aromatic rings. The monoisotopic (exact) mass is 596 g/mol. The zero-order valence-corrected chi connectivity index (χ0v) is 24.2. The molecular formula is C34H26F2N2O4S. The van der Waals surface area contributed by atoms with Crippen molar-refractivity contribution < 1.29 is 23.0 Å². The molecule has 1 aromatic heterocycles. The number of fused-ring (bicyclic) bond motifs is 2. The second kappa shape index (κ2) is 11.8. The Bertz CT molecular complexity index is 2080. The van der Waals surface area contributed by atoms with Crippen molar-refractivity contribution >= 4 is 34.2 Å². The molecule has 0 amide bonds. The molecule has 0 N–H and O–H groups in total. The maximum Gasteiger partial charge on any atom is 0.338 e. The Morgan fingerprint density at radius 2 is 1.74 bits per heavy atom. The number of aromatic nitrogens is 1. The van der Waals surface area contributed by atoms with Gasteiger partial charge in [0.2, 0.25) is 0 Å². The first-order valence-corrected chi connectivity index (χ1v) is 14.5. The number of allylic oxidation sites excluding steroid dienone is 1. The fraction of sp³-hybridized carbons (Fsp3) is 0.147. The molecule has 0 fully saturated rings. The molecule has 216 valence electrons. The summed E-state index contributed by atoms with van der Waals surface area (Å²) >= 11 is 1.18. The minimum Gasteiger partial charge on any atom is -0.488 e. The number of halogens is 2. The summed E-state index contributed by atoms with van der Waals surface area (Å²) in [6.07, 6.45) is 1.74. The molecular weight excluding hydrogens is 570 g/mol. The molecule has 6 rings (SSSR count). The highest BCUT2D eigenvalue weighted by atomic mass is 32.1. The van der Waals surface area contributed by atoms with Gasteiger partial charge in [-0.25, -0.2) is 18.6 Å². The van der Waals surface area contributed by atoms with Gasteiger partial charge in [-0.2, -0.15) is 0 Å². The van der Waals surface area contributed by atoms with Crippen molar-refractivity contribution in [2.24, 2.45) is 4.99 Å². The number of ether oxygens (including phenoxy) is 2. The summed E-state index contributed by atoms with van der Waals surface area (Å²) < 4.78 is 41.5. The molecule has 6 nitrogen and oxygen atoms in total. The molecule has 1 aliphatic heterocycles. The number of nitrogens with zero attached hydrogens (tertiary/aromatic N) is 2. The van der Waals surface area contributed by atoms with E-state index in [1.807, 2.05) is 30.3 Å². The highest BCUT2D eigenvalue weighted by Gasteiger charge is 2.33. The van der Waals surface area contributed by atoms with E-state index in [1.54, 1.807) is 56.3 Å². The lowest BCUT2D eigenvalue weighted by atomic mass is 9.96. The number of benzene rings is 4. The first-order chi connectivity index (χ1) is 20.9. The zero-order chi connectivity index (χ0) is 30.1. The fourth-order valence-electron chi connectivity index (χ4n) is 5.20. The van der Waals surface area contributed by atoms with Crippen LogP contribution in [0, 0.1) is 11.6 Å². The van der Waals surface area contributed by atoms with Crippen molar-refractivity contribution in [3.05, 3.63) is 144 Å². The highest BCUT2D eigenvalue weighted by Crippen LogP contribution is 2.32. The number of hydrogen-bond donors (Lipinski definition) is 0. The van der Waals surface area contributed by atoms with Crippen LogP contribution in [0.5, 0.6) is 5.75 Å². The molecule has 0 bridgehead atoms. The summed E-state index contributed by atoms with van der Waals surface area (Å²) in [7, 11) is 0. The fourth-order valence-corrected chi connectivity index (χ4v) is 6.23. The van der Waals surface area contributed by atoms with Crippen LogP contribution in [0.3, 0.4) is 0 Å². The second-order valence-electron chi connectivity index (χ2n) is 9.93. The molecule has 0 saturated heterocycles. The van der Waals surface area contributed by atoms with E-state index < -0.39 is 17.8 Å². The Hall–Kier alpha value is -4.89. The predicted octanol–water partition coefficient (Wildman–Crippen LogP) is 5.81. The lowest BCUT2D eigenvalue weighted by Crippen LogP contribution is -2.39. The van der Waals surface area contributed by atoms with Gasteiger partial charge in [-0.1, -0.05) is 72.0 Å². The van der Waals surface area contributed by atoms with Gasteiger partial charge in [0.25, 0.3) is 5.56 Å². The zero-order valence-electron chi connectivity index (χ0n) is 23.3. The third-order valence-corrected chi connectivity index (χ3v) is 8.23. The van der Waals surface area contributed by atoms with E-state index in [2.05, 4.69) is 4.99 Å². The Kier molecular flexibility index (Phi) is 7.73. The Morgan fingerprint density at radius 1 is 1.00 bits per heavy atom. The molecule has 9 heteroatoms. The van der Waals surface area contributed by atoms with Gasteiger partial charge in [0.05, 0.1) is 28.5 Å². The molecule has 0 saturated carbocycles. The summed E-state index contributed by atoms with van der Waals surface area (Å²) in [6, 6.07) is 22.6. The van der Waals surface area contributed by atoms with Crippen LogP contribution in [0.15, 0.2) is 106 Å². The average molecular weight is 597 g/mol. The van der Waals surface area contributed by atoms with Crippen LogP contribution in [0.1, 0.15) is 36.6 Å². The smallest absolute Gasteiger partial charge is 0.338 e. The molecule has 0 unspecified atom stereocenters. The first kappa shape index (κ1) is 28.2. The van der Waals surface area contributed by atoms with E-state index in [0.29, 0.717) is 37.5 Å². The highest BCUT2D eigenvalue weighted by molar-refractivity contribution is 7.07.